The molecule has 1 aromatic carbocycles. The molecule has 0 unspecified atom stereocenters. The van der Waals surface area contributed by atoms with Crippen LogP contribution in [-0.2, 0) is 9.53 Å². The Kier molecular flexibility index (Phi) is 6.48. The van der Waals surface area contributed by atoms with Gasteiger partial charge in [-0.1, -0.05) is 18.8 Å². The van der Waals surface area contributed by atoms with E-state index in [1.165, 1.54) is 0 Å². The van der Waals surface area contributed by atoms with Gasteiger partial charge in [-0.2, -0.15) is 0 Å². The summed E-state index contributed by atoms with van der Waals surface area (Å²) in [6, 6.07) is 7.83. The van der Waals surface area contributed by atoms with Crippen LogP contribution < -0.4 is 5.56 Å². The van der Waals surface area contributed by atoms with E-state index < -0.39 is 5.97 Å². The maximum Gasteiger partial charge on any atom is 0.303 e. The largest absolute Gasteiger partial charge is 0.481 e. The van der Waals surface area contributed by atoms with Crippen LogP contribution in [0.4, 0.5) is 0 Å². The van der Waals surface area contributed by atoms with Crippen molar-refractivity contribution >= 4 is 27.8 Å². The van der Waals surface area contributed by atoms with Gasteiger partial charge in [0.15, 0.2) is 0 Å². The maximum absolute atomic E-state index is 12.0. The number of rotatable bonds is 2. The smallest absolute Gasteiger partial charge is 0.303 e. The van der Waals surface area contributed by atoms with E-state index in [1.54, 1.807) is 13.1 Å². The molecule has 28 heavy (non-hydrogen) atoms. The fourth-order valence-electron chi connectivity index (χ4n) is 2.93. The van der Waals surface area contributed by atoms with E-state index in [0.29, 0.717) is 5.52 Å². The number of aromatic amines is 2. The summed E-state index contributed by atoms with van der Waals surface area (Å²) in [5, 5.41) is 9.67. The summed E-state index contributed by atoms with van der Waals surface area (Å²) in [5.74, 6) is 5.71. The number of carboxylic acid groups (broad SMARTS) is 1. The van der Waals surface area contributed by atoms with E-state index in [0.717, 1.165) is 54.7 Å². The number of nitrogens with zero attached hydrogens (tertiary/aromatic N) is 1. The molecule has 0 aliphatic carbocycles. The van der Waals surface area contributed by atoms with Crippen LogP contribution in [0, 0.1) is 11.8 Å². The van der Waals surface area contributed by atoms with Crippen LogP contribution in [0.5, 0.6) is 0 Å². The predicted molar refractivity (Wildman–Crippen MR) is 108 cm³/mol. The number of carbonyl (C=O) groups is 1. The fraction of sp³-hybridized carbons (Fsp3) is 0.333. The first kappa shape index (κ1) is 19.7. The number of carboxylic acids is 1. The molecule has 0 bridgehead atoms. The molecular weight excluding hydrogens is 358 g/mol. The van der Waals surface area contributed by atoms with E-state index in [2.05, 4.69) is 26.7 Å². The molecule has 7 nitrogen and oxygen atoms in total. The summed E-state index contributed by atoms with van der Waals surface area (Å²) in [6.45, 7) is 5.82. The number of hydrogen-bond donors (Lipinski definition) is 3. The van der Waals surface area contributed by atoms with Crippen molar-refractivity contribution in [1.82, 2.24) is 14.9 Å². The molecule has 1 fully saturated rings. The molecule has 146 valence electrons. The first-order valence-electron chi connectivity index (χ1n) is 9.22. The second kappa shape index (κ2) is 9.22. The van der Waals surface area contributed by atoms with Gasteiger partial charge < -0.3 is 19.8 Å². The third-order valence-electron chi connectivity index (χ3n) is 4.47. The maximum atomic E-state index is 12.0. The van der Waals surface area contributed by atoms with Crippen LogP contribution in [0.15, 0.2) is 35.3 Å². The highest BCUT2D eigenvalue weighted by Gasteiger charge is 2.08. The zero-order chi connectivity index (χ0) is 19.9. The molecule has 0 saturated carbocycles. The number of aromatic nitrogens is 2. The lowest BCUT2D eigenvalue weighted by atomic mass is 10.1. The Balaban J connectivity index is 0.000000403. The van der Waals surface area contributed by atoms with Crippen LogP contribution in [0.25, 0.3) is 21.8 Å². The van der Waals surface area contributed by atoms with Crippen LogP contribution in [-0.4, -0.2) is 58.8 Å². The second-order valence-electron chi connectivity index (χ2n) is 6.42. The standard InChI is InChI=1S/C18H17N3O2.C3H6O2/c22-18-17-14(5-6-19-17)15-12-13(3-4-16(15)20-18)2-1-7-21-8-10-23-11-9-21;1-2-3(4)5/h3-6,12,19H,7-11H2,(H,20,22);2H2,1H3,(H,4,5). The number of H-pyrrole nitrogens is 2. The van der Waals surface area contributed by atoms with Gasteiger partial charge in [-0.05, 0) is 24.3 Å². The number of fused-ring (bicyclic) bond motifs is 3. The van der Waals surface area contributed by atoms with Crippen LogP contribution in [0.3, 0.4) is 0 Å². The van der Waals surface area contributed by atoms with Gasteiger partial charge in [-0.15, -0.1) is 0 Å². The third-order valence-corrected chi connectivity index (χ3v) is 4.47. The first-order valence-corrected chi connectivity index (χ1v) is 9.22. The Labute approximate surface area is 162 Å². The zero-order valence-electron chi connectivity index (χ0n) is 15.7. The fourth-order valence-corrected chi connectivity index (χ4v) is 2.93. The van der Waals surface area contributed by atoms with Crippen molar-refractivity contribution < 1.29 is 14.6 Å². The number of morpholine rings is 1. The lowest BCUT2D eigenvalue weighted by Crippen LogP contribution is -2.36. The average Bonchev–Trinajstić information content (AvgIpc) is 3.21. The number of benzene rings is 1. The summed E-state index contributed by atoms with van der Waals surface area (Å²) in [4.78, 5) is 29.5. The number of pyridine rings is 1. The summed E-state index contributed by atoms with van der Waals surface area (Å²) in [7, 11) is 0. The Morgan fingerprint density at radius 1 is 1.25 bits per heavy atom. The topological polar surface area (TPSA) is 98.4 Å². The van der Waals surface area contributed by atoms with Crippen LogP contribution >= 0.6 is 0 Å². The van der Waals surface area contributed by atoms with E-state index in [-0.39, 0.29) is 12.0 Å². The van der Waals surface area contributed by atoms with E-state index in [4.69, 9.17) is 9.84 Å². The van der Waals surface area contributed by atoms with Gasteiger partial charge in [0, 0.05) is 47.6 Å². The molecule has 1 saturated heterocycles. The quantitative estimate of drug-likeness (QED) is 0.591. The van der Waals surface area contributed by atoms with E-state index in [1.807, 2.05) is 24.3 Å². The van der Waals surface area contributed by atoms with Crippen molar-refractivity contribution in [2.75, 3.05) is 32.8 Å². The summed E-state index contributed by atoms with van der Waals surface area (Å²) in [5.41, 5.74) is 2.31. The van der Waals surface area contributed by atoms with Gasteiger partial charge in [-0.25, -0.2) is 0 Å². The number of hydrogen-bond acceptors (Lipinski definition) is 4. The van der Waals surface area contributed by atoms with Crippen molar-refractivity contribution in [2.45, 2.75) is 13.3 Å². The SMILES string of the molecule is CCC(=O)O.O=c1[nH]c2ccc(C#CCN3CCOCC3)cc2c2cc[nH]c12. The van der Waals surface area contributed by atoms with Gasteiger partial charge >= 0.3 is 5.97 Å². The van der Waals surface area contributed by atoms with E-state index in [9.17, 15) is 9.59 Å². The lowest BCUT2D eigenvalue weighted by Gasteiger charge is -2.24. The first-order chi connectivity index (χ1) is 13.6. The normalized spacial score (nSPS) is 14.2. The molecule has 2 aromatic heterocycles. The molecule has 0 radical (unpaired) electrons. The minimum Gasteiger partial charge on any atom is -0.481 e. The Bertz CT molecular complexity index is 1080. The number of aliphatic carboxylic acids is 1. The minimum atomic E-state index is -0.745. The highest BCUT2D eigenvalue weighted by atomic mass is 16.5. The van der Waals surface area contributed by atoms with E-state index >= 15 is 0 Å². The molecule has 0 spiro atoms. The van der Waals surface area contributed by atoms with Gasteiger partial charge in [0.2, 0.25) is 0 Å². The van der Waals surface area contributed by atoms with Crippen molar-refractivity contribution in [3.05, 3.63) is 46.4 Å². The van der Waals surface area contributed by atoms with Crippen molar-refractivity contribution in [2.24, 2.45) is 0 Å². The Morgan fingerprint density at radius 3 is 2.71 bits per heavy atom. The van der Waals surface area contributed by atoms with Gasteiger partial charge in [-0.3, -0.25) is 14.5 Å². The van der Waals surface area contributed by atoms with Crippen LogP contribution in [0.1, 0.15) is 18.9 Å². The summed E-state index contributed by atoms with van der Waals surface area (Å²) >= 11 is 0. The van der Waals surface area contributed by atoms with Gasteiger partial charge in [0.05, 0.1) is 19.8 Å². The molecule has 1 aliphatic heterocycles. The molecular formula is C21H23N3O4. The highest BCUT2D eigenvalue weighted by molar-refractivity contribution is 6.04. The minimum absolute atomic E-state index is 0.0938. The van der Waals surface area contributed by atoms with Crippen molar-refractivity contribution in [3.8, 4) is 11.8 Å². The molecule has 3 heterocycles. The number of ether oxygens (including phenoxy) is 1. The number of nitrogens with one attached hydrogen (secondary N) is 2. The summed E-state index contributed by atoms with van der Waals surface area (Å²) < 4.78 is 5.33. The van der Waals surface area contributed by atoms with Gasteiger partial charge in [0.1, 0.15) is 5.52 Å². The molecule has 0 amide bonds. The molecule has 7 heteroatoms. The molecule has 3 N–H and O–H groups in total. The van der Waals surface area contributed by atoms with Gasteiger partial charge in [0.25, 0.3) is 5.56 Å². The Hall–Kier alpha value is -3.08. The third kappa shape index (κ3) is 4.80. The molecule has 0 atom stereocenters. The predicted octanol–water partition coefficient (Wildman–Crippen LogP) is 2.17. The molecule has 3 aromatic rings. The lowest BCUT2D eigenvalue weighted by molar-refractivity contribution is -0.136. The summed E-state index contributed by atoms with van der Waals surface area (Å²) in [6.07, 6.45) is 2.01. The molecule has 4 rings (SSSR count). The highest BCUT2D eigenvalue weighted by Crippen LogP contribution is 2.21. The van der Waals surface area contributed by atoms with Crippen LogP contribution in [0.2, 0.25) is 0 Å². The Morgan fingerprint density at radius 2 is 2.00 bits per heavy atom. The molecule has 1 aliphatic rings. The zero-order valence-corrected chi connectivity index (χ0v) is 15.7. The van der Waals surface area contributed by atoms with Crippen molar-refractivity contribution in [3.63, 3.8) is 0 Å². The monoisotopic (exact) mass is 381 g/mol. The van der Waals surface area contributed by atoms with Crippen molar-refractivity contribution in [1.29, 1.82) is 0 Å². The second-order valence-corrected chi connectivity index (χ2v) is 6.42. The average molecular weight is 381 g/mol.